The van der Waals surface area contributed by atoms with Crippen molar-refractivity contribution in [3.63, 3.8) is 0 Å². The van der Waals surface area contributed by atoms with E-state index in [-0.39, 0.29) is 36.8 Å². The molecule has 4 rings (SSSR count). The maximum atomic E-state index is 13.7. The number of hydrogen-bond donors (Lipinski definition) is 0. The molecule has 5 nitrogen and oxygen atoms in total. The predicted octanol–water partition coefficient (Wildman–Crippen LogP) is 5.89. The number of hydrogen-bond acceptors (Lipinski definition) is 4. The number of benzene rings is 2. The molecule has 0 fully saturated rings. The quantitative estimate of drug-likeness (QED) is 0.362. The Labute approximate surface area is 216 Å². The van der Waals surface area contributed by atoms with Crippen LogP contribution in [0.25, 0.3) is 0 Å². The van der Waals surface area contributed by atoms with Gasteiger partial charge in [-0.05, 0) is 79.1 Å². The molecule has 1 atom stereocenters. The Morgan fingerprint density at radius 1 is 1.11 bits per heavy atom. The molecule has 0 bridgehead atoms. The Bertz CT molecular complexity index is 1170. The lowest BCUT2D eigenvalue weighted by atomic mass is 10.00. The summed E-state index contributed by atoms with van der Waals surface area (Å²) in [6.07, 6.45) is 1.60. The first kappa shape index (κ1) is 25.9. The van der Waals surface area contributed by atoms with Crippen molar-refractivity contribution in [1.29, 1.82) is 0 Å². The van der Waals surface area contributed by atoms with Crippen LogP contribution >= 0.6 is 11.3 Å². The van der Waals surface area contributed by atoms with E-state index in [0.29, 0.717) is 30.3 Å². The van der Waals surface area contributed by atoms with Gasteiger partial charge in [-0.2, -0.15) is 0 Å². The molecule has 2 amide bonds. The first-order valence-electron chi connectivity index (χ1n) is 12.4. The number of ether oxygens (including phenoxy) is 1. The molecule has 0 saturated heterocycles. The topological polar surface area (TPSA) is 49.9 Å². The van der Waals surface area contributed by atoms with E-state index >= 15 is 0 Å². The van der Waals surface area contributed by atoms with Gasteiger partial charge in [0, 0.05) is 23.5 Å². The molecule has 0 saturated carbocycles. The van der Waals surface area contributed by atoms with Gasteiger partial charge < -0.3 is 14.5 Å². The maximum Gasteiger partial charge on any atom is 0.254 e. The summed E-state index contributed by atoms with van der Waals surface area (Å²) in [6, 6.07) is 15.2. The van der Waals surface area contributed by atoms with Gasteiger partial charge in [0.25, 0.3) is 5.91 Å². The molecule has 3 aromatic rings. The molecule has 1 aliphatic rings. The van der Waals surface area contributed by atoms with E-state index in [9.17, 15) is 14.0 Å². The first-order chi connectivity index (χ1) is 17.3. The summed E-state index contributed by atoms with van der Waals surface area (Å²) in [7, 11) is 0. The Morgan fingerprint density at radius 3 is 2.53 bits per heavy atom. The molecule has 0 aliphatic carbocycles. The Balaban J connectivity index is 1.52. The highest BCUT2D eigenvalue weighted by Gasteiger charge is 2.33. The van der Waals surface area contributed by atoms with Crippen molar-refractivity contribution in [2.24, 2.45) is 5.92 Å². The van der Waals surface area contributed by atoms with Crippen LogP contribution < -0.4 is 4.74 Å². The number of carbonyl (C=O) groups is 2. The molecule has 7 heteroatoms. The Morgan fingerprint density at radius 2 is 1.83 bits per heavy atom. The van der Waals surface area contributed by atoms with Crippen molar-refractivity contribution in [2.75, 3.05) is 26.2 Å². The van der Waals surface area contributed by atoms with Crippen molar-refractivity contribution in [1.82, 2.24) is 9.80 Å². The van der Waals surface area contributed by atoms with E-state index < -0.39 is 0 Å². The number of fused-ring (bicyclic) bond motifs is 1. The van der Waals surface area contributed by atoms with Crippen LogP contribution in [0.3, 0.4) is 0 Å². The van der Waals surface area contributed by atoms with E-state index in [1.54, 1.807) is 28.4 Å². The number of nitrogens with zero attached hydrogens (tertiary/aromatic N) is 2. The average molecular weight is 509 g/mol. The van der Waals surface area contributed by atoms with E-state index in [4.69, 9.17) is 4.74 Å². The summed E-state index contributed by atoms with van der Waals surface area (Å²) in [5.41, 5.74) is 2.76. The zero-order chi connectivity index (χ0) is 25.7. The Kier molecular flexibility index (Phi) is 8.41. The normalized spacial score (nSPS) is 15.0. The van der Waals surface area contributed by atoms with Gasteiger partial charge in [-0.25, -0.2) is 4.39 Å². The van der Waals surface area contributed by atoms with Gasteiger partial charge in [-0.1, -0.05) is 31.5 Å². The van der Waals surface area contributed by atoms with Crippen LogP contribution in [0.5, 0.6) is 5.75 Å². The largest absolute Gasteiger partial charge is 0.491 e. The van der Waals surface area contributed by atoms with Crippen LogP contribution in [-0.2, 0) is 11.2 Å². The van der Waals surface area contributed by atoms with E-state index in [0.717, 1.165) is 24.0 Å². The molecule has 0 N–H and O–H groups in total. The van der Waals surface area contributed by atoms with E-state index in [2.05, 4.69) is 13.8 Å². The number of rotatable bonds is 9. The molecule has 2 heterocycles. The minimum Gasteiger partial charge on any atom is -0.491 e. The van der Waals surface area contributed by atoms with Crippen LogP contribution in [0.2, 0.25) is 0 Å². The fourth-order valence-corrected chi connectivity index (χ4v) is 5.31. The fraction of sp³-hybridized carbons (Fsp3) is 0.379. The molecule has 0 radical (unpaired) electrons. The van der Waals surface area contributed by atoms with Crippen LogP contribution in [0.15, 0.2) is 60.0 Å². The molecule has 1 aromatic heterocycles. The minimum absolute atomic E-state index is 0.0198. The third-order valence-corrected chi connectivity index (χ3v) is 7.52. The highest BCUT2D eigenvalue weighted by atomic mass is 32.1. The maximum absolute atomic E-state index is 13.7. The van der Waals surface area contributed by atoms with Crippen LogP contribution in [0, 0.1) is 18.7 Å². The number of amides is 2. The predicted molar refractivity (Wildman–Crippen MR) is 141 cm³/mol. The van der Waals surface area contributed by atoms with Crippen molar-refractivity contribution in [3.8, 4) is 5.75 Å². The second-order valence-electron chi connectivity index (χ2n) is 9.69. The van der Waals surface area contributed by atoms with Gasteiger partial charge in [0.2, 0.25) is 5.91 Å². The van der Waals surface area contributed by atoms with Gasteiger partial charge in [0.1, 0.15) is 24.7 Å². The van der Waals surface area contributed by atoms with Crippen LogP contribution in [0.1, 0.15) is 52.7 Å². The highest BCUT2D eigenvalue weighted by Crippen LogP contribution is 2.34. The molecular formula is C29H33FN2O3S. The zero-order valence-corrected chi connectivity index (χ0v) is 21.9. The summed E-state index contributed by atoms with van der Waals surface area (Å²) in [5.74, 6) is 0.421. The Hall–Kier alpha value is -3.19. The van der Waals surface area contributed by atoms with Crippen molar-refractivity contribution < 1.29 is 18.7 Å². The van der Waals surface area contributed by atoms with Gasteiger partial charge in [0.05, 0.1) is 6.04 Å². The zero-order valence-electron chi connectivity index (χ0n) is 21.1. The molecule has 1 aliphatic heterocycles. The summed E-state index contributed by atoms with van der Waals surface area (Å²) >= 11 is 1.69. The standard InChI is InChI=1S/C29H33FN2O3S/c1-20(2)12-15-31(29(34)22-6-4-21(3)5-7-22)18-28(33)32-16-13-27-25(14-17-36-27)26(32)19-35-24-10-8-23(30)9-11-24/h4-11,14,17,20,26H,12-13,15-16,18-19H2,1-3H3/t26-/m0/s1. The van der Waals surface area contributed by atoms with Gasteiger partial charge >= 0.3 is 0 Å². The van der Waals surface area contributed by atoms with E-state index in [1.165, 1.54) is 17.0 Å². The van der Waals surface area contributed by atoms with Crippen LogP contribution in [0.4, 0.5) is 4.39 Å². The summed E-state index contributed by atoms with van der Waals surface area (Å²) in [6.45, 7) is 7.58. The van der Waals surface area contributed by atoms with Gasteiger partial charge in [0.15, 0.2) is 0 Å². The van der Waals surface area contributed by atoms with Crippen molar-refractivity contribution >= 4 is 23.2 Å². The van der Waals surface area contributed by atoms with Crippen LogP contribution in [-0.4, -0.2) is 47.9 Å². The minimum atomic E-state index is -0.323. The second kappa shape index (κ2) is 11.7. The average Bonchev–Trinajstić information content (AvgIpc) is 3.35. The smallest absolute Gasteiger partial charge is 0.254 e. The number of carbonyl (C=O) groups excluding carboxylic acids is 2. The first-order valence-corrected chi connectivity index (χ1v) is 13.3. The van der Waals surface area contributed by atoms with Gasteiger partial charge in [-0.15, -0.1) is 11.3 Å². The number of aryl methyl sites for hydroxylation is 1. The molecule has 36 heavy (non-hydrogen) atoms. The summed E-state index contributed by atoms with van der Waals surface area (Å²) in [5, 5.41) is 2.04. The lowest BCUT2D eigenvalue weighted by molar-refractivity contribution is -0.135. The number of halogens is 1. The molecule has 0 spiro atoms. The lowest BCUT2D eigenvalue weighted by Crippen LogP contribution is -2.48. The highest BCUT2D eigenvalue weighted by molar-refractivity contribution is 7.10. The van der Waals surface area contributed by atoms with E-state index in [1.807, 2.05) is 47.5 Å². The lowest BCUT2D eigenvalue weighted by Gasteiger charge is -2.37. The number of thiophene rings is 1. The summed E-state index contributed by atoms with van der Waals surface area (Å²) < 4.78 is 19.3. The fourth-order valence-electron chi connectivity index (χ4n) is 4.38. The third-order valence-electron chi connectivity index (χ3n) is 6.52. The molecule has 0 unspecified atom stereocenters. The molecular weight excluding hydrogens is 475 g/mol. The third kappa shape index (κ3) is 6.32. The second-order valence-corrected chi connectivity index (χ2v) is 10.7. The van der Waals surface area contributed by atoms with Crippen molar-refractivity contribution in [2.45, 2.75) is 39.7 Å². The molecule has 2 aromatic carbocycles. The summed E-state index contributed by atoms with van der Waals surface area (Å²) in [4.78, 5) is 31.8. The van der Waals surface area contributed by atoms with Gasteiger partial charge in [-0.3, -0.25) is 9.59 Å². The van der Waals surface area contributed by atoms with Crippen molar-refractivity contribution in [3.05, 3.63) is 87.4 Å². The SMILES string of the molecule is Cc1ccc(C(=O)N(CCC(C)C)CC(=O)N2CCc3sccc3[C@@H]2COc2ccc(F)cc2)cc1. The molecule has 190 valence electrons. The monoisotopic (exact) mass is 508 g/mol.